The summed E-state index contributed by atoms with van der Waals surface area (Å²) in [5.41, 5.74) is 1.79. The van der Waals surface area contributed by atoms with E-state index in [1.165, 1.54) is 18.6 Å². The number of carbonyl (C=O) groups excluding carboxylic acids is 2. The van der Waals surface area contributed by atoms with Gasteiger partial charge in [0.1, 0.15) is 12.2 Å². The van der Waals surface area contributed by atoms with E-state index in [9.17, 15) is 14.4 Å². The van der Waals surface area contributed by atoms with Gasteiger partial charge in [0.25, 0.3) is 11.5 Å². The molecule has 7 heteroatoms. The molecule has 158 valence electrons. The maximum atomic E-state index is 13.2. The lowest BCUT2D eigenvalue weighted by Crippen LogP contribution is -2.42. The predicted molar refractivity (Wildman–Crippen MR) is 115 cm³/mol. The molecular weight excluding hydrogens is 380 g/mol. The van der Waals surface area contributed by atoms with Gasteiger partial charge in [-0.3, -0.25) is 14.4 Å². The van der Waals surface area contributed by atoms with Crippen molar-refractivity contribution in [1.29, 1.82) is 0 Å². The van der Waals surface area contributed by atoms with Crippen LogP contribution in [-0.4, -0.2) is 45.6 Å². The molecule has 1 fully saturated rings. The van der Waals surface area contributed by atoms with Crippen molar-refractivity contribution in [3.05, 3.63) is 58.0 Å². The standard InChI is InChI=1S/C23H28N4O3/c1-16-14-17-8-6-7-11-20(17)27(16)23(30)19-12-13-21(28)26(24-19)15-22(29)25(2)18-9-4-3-5-10-18/h6-8,11-13,16,18H,3-5,9-10,14-15H2,1-2H3/t16-/m1/s1. The molecule has 2 amide bonds. The van der Waals surface area contributed by atoms with E-state index in [1.54, 1.807) is 16.8 Å². The largest absolute Gasteiger partial charge is 0.341 e. The molecule has 2 aromatic rings. The smallest absolute Gasteiger partial charge is 0.278 e. The van der Waals surface area contributed by atoms with E-state index in [0.717, 1.165) is 48.0 Å². The molecule has 2 heterocycles. The lowest BCUT2D eigenvalue weighted by Gasteiger charge is -2.31. The first kappa shape index (κ1) is 20.3. The SMILES string of the molecule is C[C@@H]1Cc2ccccc2N1C(=O)c1ccc(=O)n(CC(=O)N(C)C2CCCCC2)n1. The number of carbonyl (C=O) groups is 2. The molecule has 30 heavy (non-hydrogen) atoms. The van der Waals surface area contributed by atoms with Crippen LogP contribution in [0.25, 0.3) is 0 Å². The summed E-state index contributed by atoms with van der Waals surface area (Å²) in [4.78, 5) is 41.7. The number of nitrogens with zero attached hydrogens (tertiary/aromatic N) is 4. The summed E-state index contributed by atoms with van der Waals surface area (Å²) in [6, 6.07) is 10.8. The van der Waals surface area contributed by atoms with Crippen molar-refractivity contribution in [3.8, 4) is 0 Å². The van der Waals surface area contributed by atoms with Crippen LogP contribution in [0.15, 0.2) is 41.2 Å². The van der Waals surface area contributed by atoms with E-state index in [0.29, 0.717) is 0 Å². The van der Waals surface area contributed by atoms with Gasteiger partial charge in [0, 0.05) is 30.9 Å². The van der Waals surface area contributed by atoms with E-state index >= 15 is 0 Å². The van der Waals surface area contributed by atoms with Gasteiger partial charge in [0.15, 0.2) is 0 Å². The quantitative estimate of drug-likeness (QED) is 0.779. The molecule has 0 radical (unpaired) electrons. The first-order valence-electron chi connectivity index (χ1n) is 10.7. The van der Waals surface area contributed by atoms with E-state index in [2.05, 4.69) is 5.10 Å². The fourth-order valence-corrected chi connectivity index (χ4v) is 4.59. The normalized spacial score (nSPS) is 18.9. The number of para-hydroxylation sites is 1. The van der Waals surface area contributed by atoms with Crippen molar-refractivity contribution in [2.75, 3.05) is 11.9 Å². The number of anilines is 1. The number of hydrogen-bond donors (Lipinski definition) is 0. The molecule has 2 aliphatic rings. The molecule has 1 atom stereocenters. The topological polar surface area (TPSA) is 75.5 Å². The van der Waals surface area contributed by atoms with Crippen molar-refractivity contribution >= 4 is 17.5 Å². The second kappa shape index (κ2) is 8.42. The molecule has 1 saturated carbocycles. The van der Waals surface area contributed by atoms with Gasteiger partial charge in [-0.2, -0.15) is 5.10 Å². The number of likely N-dealkylation sites (N-methyl/N-ethyl adjacent to an activating group) is 1. The van der Waals surface area contributed by atoms with E-state index < -0.39 is 0 Å². The Labute approximate surface area is 176 Å². The van der Waals surface area contributed by atoms with Gasteiger partial charge < -0.3 is 9.80 Å². The fraction of sp³-hybridized carbons (Fsp3) is 0.478. The van der Waals surface area contributed by atoms with Gasteiger partial charge in [-0.1, -0.05) is 37.5 Å². The predicted octanol–water partition coefficient (Wildman–Crippen LogP) is 2.63. The van der Waals surface area contributed by atoms with Crippen molar-refractivity contribution in [3.63, 3.8) is 0 Å². The molecular formula is C23H28N4O3. The number of rotatable bonds is 4. The van der Waals surface area contributed by atoms with Crippen LogP contribution in [0, 0.1) is 0 Å². The number of fused-ring (bicyclic) bond motifs is 1. The zero-order valence-electron chi connectivity index (χ0n) is 17.6. The molecule has 1 aliphatic heterocycles. The van der Waals surface area contributed by atoms with Gasteiger partial charge in [0.2, 0.25) is 5.91 Å². The summed E-state index contributed by atoms with van der Waals surface area (Å²) in [5.74, 6) is -0.407. The lowest BCUT2D eigenvalue weighted by molar-refractivity contribution is -0.133. The van der Waals surface area contributed by atoms with E-state index in [1.807, 2.05) is 31.2 Å². The van der Waals surface area contributed by atoms with Crippen LogP contribution < -0.4 is 10.5 Å². The summed E-state index contributed by atoms with van der Waals surface area (Å²) in [6.45, 7) is 1.84. The molecule has 7 nitrogen and oxygen atoms in total. The number of hydrogen-bond acceptors (Lipinski definition) is 4. The fourth-order valence-electron chi connectivity index (χ4n) is 4.59. The highest BCUT2D eigenvalue weighted by atomic mass is 16.2. The molecule has 1 aromatic carbocycles. The van der Waals surface area contributed by atoms with Crippen molar-refractivity contribution < 1.29 is 9.59 Å². The average Bonchev–Trinajstić information content (AvgIpc) is 3.10. The first-order chi connectivity index (χ1) is 14.5. The third kappa shape index (κ3) is 3.88. The average molecular weight is 409 g/mol. The Kier molecular flexibility index (Phi) is 5.70. The molecule has 1 aliphatic carbocycles. The van der Waals surface area contributed by atoms with E-state index in [-0.39, 0.29) is 41.7 Å². The molecule has 0 spiro atoms. The Morgan fingerprint density at radius 1 is 1.10 bits per heavy atom. The monoisotopic (exact) mass is 408 g/mol. The zero-order chi connectivity index (χ0) is 21.3. The summed E-state index contributed by atoms with van der Waals surface area (Å²) in [6.07, 6.45) is 6.23. The minimum absolute atomic E-state index is 0.0103. The van der Waals surface area contributed by atoms with Crippen LogP contribution in [0.1, 0.15) is 55.1 Å². The maximum absolute atomic E-state index is 13.2. The van der Waals surface area contributed by atoms with Gasteiger partial charge in [0.05, 0.1) is 0 Å². The third-order valence-electron chi connectivity index (χ3n) is 6.31. The van der Waals surface area contributed by atoms with Gasteiger partial charge in [-0.15, -0.1) is 0 Å². The van der Waals surface area contributed by atoms with Gasteiger partial charge in [-0.05, 0) is 43.9 Å². The minimum atomic E-state index is -0.383. The molecule has 1 aromatic heterocycles. The highest BCUT2D eigenvalue weighted by molar-refractivity contribution is 6.06. The van der Waals surface area contributed by atoms with Crippen molar-refractivity contribution in [2.24, 2.45) is 0 Å². The second-order valence-corrected chi connectivity index (χ2v) is 8.37. The Morgan fingerprint density at radius 2 is 1.83 bits per heavy atom. The second-order valence-electron chi connectivity index (χ2n) is 8.37. The van der Waals surface area contributed by atoms with Crippen LogP contribution in [0.3, 0.4) is 0 Å². The number of amides is 2. The highest BCUT2D eigenvalue weighted by Gasteiger charge is 2.32. The van der Waals surface area contributed by atoms with Gasteiger partial charge in [-0.25, -0.2) is 4.68 Å². The van der Waals surface area contributed by atoms with E-state index in [4.69, 9.17) is 0 Å². The highest BCUT2D eigenvalue weighted by Crippen LogP contribution is 2.32. The zero-order valence-corrected chi connectivity index (χ0v) is 17.6. The minimum Gasteiger partial charge on any atom is -0.341 e. The summed E-state index contributed by atoms with van der Waals surface area (Å²) in [7, 11) is 1.79. The maximum Gasteiger partial charge on any atom is 0.278 e. The Bertz CT molecular complexity index is 1010. The Balaban J connectivity index is 1.54. The van der Waals surface area contributed by atoms with Crippen LogP contribution >= 0.6 is 0 Å². The summed E-state index contributed by atoms with van der Waals surface area (Å²) < 4.78 is 1.11. The molecule has 0 N–H and O–H groups in total. The number of benzene rings is 1. The van der Waals surface area contributed by atoms with Crippen molar-refractivity contribution in [1.82, 2.24) is 14.7 Å². The molecule has 0 unspecified atom stereocenters. The molecule has 0 bridgehead atoms. The van der Waals surface area contributed by atoms with Crippen LogP contribution in [-0.2, 0) is 17.8 Å². The third-order valence-corrected chi connectivity index (χ3v) is 6.31. The molecule has 0 saturated heterocycles. The number of aromatic nitrogens is 2. The Hall–Kier alpha value is -2.96. The molecule has 4 rings (SSSR count). The van der Waals surface area contributed by atoms with Crippen LogP contribution in [0.5, 0.6) is 0 Å². The van der Waals surface area contributed by atoms with Crippen LogP contribution in [0.2, 0.25) is 0 Å². The van der Waals surface area contributed by atoms with Crippen molar-refractivity contribution in [2.45, 2.75) is 64.1 Å². The first-order valence-corrected chi connectivity index (χ1v) is 10.7. The van der Waals surface area contributed by atoms with Gasteiger partial charge >= 0.3 is 0 Å². The summed E-state index contributed by atoms with van der Waals surface area (Å²) >= 11 is 0. The lowest BCUT2D eigenvalue weighted by atomic mass is 9.94. The Morgan fingerprint density at radius 3 is 2.60 bits per heavy atom. The van der Waals surface area contributed by atoms with Crippen LogP contribution in [0.4, 0.5) is 5.69 Å². The summed E-state index contributed by atoms with van der Waals surface area (Å²) in [5, 5.41) is 4.26.